The van der Waals surface area contributed by atoms with Gasteiger partial charge < -0.3 is 4.74 Å². The minimum absolute atomic E-state index is 0.0640. The van der Waals surface area contributed by atoms with Crippen molar-refractivity contribution >= 4 is 15.7 Å². The van der Waals surface area contributed by atoms with Crippen molar-refractivity contribution < 1.29 is 18.1 Å². The van der Waals surface area contributed by atoms with E-state index in [-0.39, 0.29) is 18.0 Å². The number of nitro benzene ring substituents is 1. The number of hydrogen-bond donors (Lipinski definition) is 0. The van der Waals surface area contributed by atoms with Crippen molar-refractivity contribution in [3.8, 4) is 5.75 Å². The second-order valence-electron chi connectivity index (χ2n) is 6.73. The summed E-state index contributed by atoms with van der Waals surface area (Å²) in [4.78, 5) is 10.4. The molecule has 156 valence electrons. The van der Waals surface area contributed by atoms with Gasteiger partial charge in [0, 0.05) is 12.6 Å². The summed E-state index contributed by atoms with van der Waals surface area (Å²) in [5.74, 6) is 0.618. The highest BCUT2D eigenvalue weighted by atomic mass is 32.2. The van der Waals surface area contributed by atoms with Gasteiger partial charge in [-0.05, 0) is 30.7 Å². The van der Waals surface area contributed by atoms with E-state index in [2.05, 4.69) is 0 Å². The molecule has 0 heterocycles. The van der Waals surface area contributed by atoms with Gasteiger partial charge in [0.15, 0.2) is 4.90 Å². The van der Waals surface area contributed by atoms with E-state index in [0.717, 1.165) is 5.56 Å². The van der Waals surface area contributed by atoms with Crippen molar-refractivity contribution in [2.24, 2.45) is 0 Å². The summed E-state index contributed by atoms with van der Waals surface area (Å²) in [6.07, 6.45) is 0. The monoisotopic (exact) mass is 426 g/mol. The molecule has 0 aliphatic rings. The molecule has 3 rings (SSSR count). The number of rotatable bonds is 9. The molecule has 0 fully saturated rings. The van der Waals surface area contributed by atoms with Gasteiger partial charge in [0.05, 0.1) is 11.0 Å². The van der Waals surface area contributed by atoms with Gasteiger partial charge >= 0.3 is 0 Å². The molecule has 8 heteroatoms. The van der Waals surface area contributed by atoms with Gasteiger partial charge in [0.2, 0.25) is 0 Å². The Kier molecular flexibility index (Phi) is 6.81. The summed E-state index contributed by atoms with van der Waals surface area (Å²) in [6.45, 7) is 1.88. The smallest absolute Gasteiger partial charge is 0.289 e. The molecule has 3 aromatic rings. The van der Waals surface area contributed by atoms with Crippen molar-refractivity contribution in [1.82, 2.24) is 4.31 Å². The molecule has 30 heavy (non-hydrogen) atoms. The van der Waals surface area contributed by atoms with Crippen LogP contribution in [0.2, 0.25) is 0 Å². The molecule has 1 atom stereocenters. The molecule has 0 aliphatic heterocycles. The van der Waals surface area contributed by atoms with Gasteiger partial charge in [0.1, 0.15) is 12.4 Å². The molecule has 0 spiro atoms. The maximum atomic E-state index is 13.5. The number of nitro groups is 1. The molecule has 0 saturated carbocycles. The average molecular weight is 426 g/mol. The third-order valence-corrected chi connectivity index (χ3v) is 6.56. The Morgan fingerprint density at radius 2 is 1.50 bits per heavy atom. The van der Waals surface area contributed by atoms with Gasteiger partial charge in [0.25, 0.3) is 15.7 Å². The molecule has 0 aromatic heterocycles. The molecule has 0 amide bonds. The molecule has 7 nitrogen and oxygen atoms in total. The molecule has 0 radical (unpaired) electrons. The first kappa shape index (κ1) is 21.5. The second kappa shape index (κ2) is 9.51. The molecule has 0 unspecified atom stereocenters. The fourth-order valence-electron chi connectivity index (χ4n) is 3.01. The van der Waals surface area contributed by atoms with Gasteiger partial charge in [-0.25, -0.2) is 8.42 Å². The predicted octanol–water partition coefficient (Wildman–Crippen LogP) is 4.25. The number of benzene rings is 3. The molecular formula is C22H22N2O5S. The molecule has 3 aromatic carbocycles. The van der Waals surface area contributed by atoms with E-state index in [0.29, 0.717) is 5.75 Å². The van der Waals surface area contributed by atoms with Crippen molar-refractivity contribution in [2.45, 2.75) is 24.4 Å². The predicted molar refractivity (Wildman–Crippen MR) is 114 cm³/mol. The van der Waals surface area contributed by atoms with Crippen molar-refractivity contribution in [1.29, 1.82) is 0 Å². The number of sulfonamides is 1. The first-order chi connectivity index (χ1) is 14.4. The molecule has 0 aliphatic carbocycles. The highest BCUT2D eigenvalue weighted by molar-refractivity contribution is 7.89. The minimum Gasteiger partial charge on any atom is -0.492 e. The minimum atomic E-state index is -4.17. The quantitative estimate of drug-likeness (QED) is 0.377. The summed E-state index contributed by atoms with van der Waals surface area (Å²) in [5.41, 5.74) is 0.318. The zero-order chi connectivity index (χ0) is 21.6. The van der Waals surface area contributed by atoms with Crippen LogP contribution in [-0.4, -0.2) is 30.3 Å². The summed E-state index contributed by atoms with van der Waals surface area (Å²) >= 11 is 0. The van der Waals surface area contributed by atoms with Gasteiger partial charge in [-0.3, -0.25) is 10.1 Å². The van der Waals surface area contributed by atoms with E-state index >= 15 is 0 Å². The Labute approximate surface area is 175 Å². The Bertz CT molecular complexity index is 1090. The van der Waals surface area contributed by atoms with Crippen LogP contribution >= 0.6 is 0 Å². The summed E-state index contributed by atoms with van der Waals surface area (Å²) < 4.78 is 34.0. The van der Waals surface area contributed by atoms with E-state index in [1.54, 1.807) is 19.1 Å². The van der Waals surface area contributed by atoms with E-state index in [9.17, 15) is 18.5 Å². The van der Waals surface area contributed by atoms with E-state index in [4.69, 9.17) is 4.74 Å². The normalized spacial score (nSPS) is 12.5. The topological polar surface area (TPSA) is 89.8 Å². The van der Waals surface area contributed by atoms with E-state index < -0.39 is 26.7 Å². The lowest BCUT2D eigenvalue weighted by Gasteiger charge is -2.28. The van der Waals surface area contributed by atoms with Gasteiger partial charge in [-0.1, -0.05) is 60.7 Å². The summed E-state index contributed by atoms with van der Waals surface area (Å²) in [5, 5.41) is 11.4. The number of para-hydroxylation sites is 2. The van der Waals surface area contributed by atoms with Crippen molar-refractivity contribution in [3.63, 3.8) is 0 Å². The van der Waals surface area contributed by atoms with Crippen LogP contribution in [0.15, 0.2) is 89.8 Å². The highest BCUT2D eigenvalue weighted by Gasteiger charge is 2.34. The zero-order valence-electron chi connectivity index (χ0n) is 16.4. The van der Waals surface area contributed by atoms with Gasteiger partial charge in [-0.2, -0.15) is 4.31 Å². The first-order valence-electron chi connectivity index (χ1n) is 9.36. The van der Waals surface area contributed by atoms with Crippen molar-refractivity contribution in [3.05, 3.63) is 101 Å². The first-order valence-corrected chi connectivity index (χ1v) is 10.8. The number of ether oxygens (including phenoxy) is 1. The van der Waals surface area contributed by atoms with Crippen LogP contribution in [0.1, 0.15) is 12.5 Å². The Morgan fingerprint density at radius 1 is 0.933 bits per heavy atom. The van der Waals surface area contributed by atoms with Crippen LogP contribution in [-0.2, 0) is 16.6 Å². The van der Waals surface area contributed by atoms with E-state index in [1.807, 2.05) is 48.5 Å². The second-order valence-corrected chi connectivity index (χ2v) is 8.59. The summed E-state index contributed by atoms with van der Waals surface area (Å²) in [6, 6.07) is 23.0. The largest absolute Gasteiger partial charge is 0.492 e. The lowest BCUT2D eigenvalue weighted by Crippen LogP contribution is -2.41. The molecule has 0 N–H and O–H groups in total. The highest BCUT2D eigenvalue weighted by Crippen LogP contribution is 2.29. The third kappa shape index (κ3) is 5.03. The number of hydrogen-bond acceptors (Lipinski definition) is 5. The van der Waals surface area contributed by atoms with Crippen LogP contribution in [0, 0.1) is 10.1 Å². The Balaban J connectivity index is 1.95. The number of nitrogens with zero attached hydrogens (tertiary/aromatic N) is 2. The average Bonchev–Trinajstić information content (AvgIpc) is 2.77. The lowest BCUT2D eigenvalue weighted by molar-refractivity contribution is -0.387. The Hall–Kier alpha value is -3.23. The fourth-order valence-corrected chi connectivity index (χ4v) is 4.77. The van der Waals surface area contributed by atoms with Crippen molar-refractivity contribution in [2.75, 3.05) is 6.61 Å². The van der Waals surface area contributed by atoms with Crippen LogP contribution in [0.4, 0.5) is 5.69 Å². The maximum Gasteiger partial charge on any atom is 0.289 e. The summed E-state index contributed by atoms with van der Waals surface area (Å²) in [7, 11) is -4.17. The van der Waals surface area contributed by atoms with Crippen LogP contribution in [0.25, 0.3) is 0 Å². The van der Waals surface area contributed by atoms with E-state index in [1.165, 1.54) is 28.6 Å². The maximum absolute atomic E-state index is 13.5. The fraction of sp³-hybridized carbons (Fsp3) is 0.182. The van der Waals surface area contributed by atoms with Crippen LogP contribution in [0.5, 0.6) is 5.75 Å². The van der Waals surface area contributed by atoms with Crippen LogP contribution < -0.4 is 4.74 Å². The Morgan fingerprint density at radius 3 is 2.13 bits per heavy atom. The molecule has 0 saturated heterocycles. The standard InChI is InChI=1S/C22H22N2O5S/c1-18(17-29-20-12-6-3-7-13-20)23(16-19-10-4-2-5-11-19)30(27,28)22-15-9-8-14-21(22)24(25)26/h2-15,18H,16-17H2,1H3/t18-/m1/s1. The van der Waals surface area contributed by atoms with Crippen LogP contribution in [0.3, 0.4) is 0 Å². The SMILES string of the molecule is C[C@H](COc1ccccc1)N(Cc1ccccc1)S(=O)(=O)c1ccccc1[N+](=O)[O-]. The van der Waals surface area contributed by atoms with Gasteiger partial charge in [-0.15, -0.1) is 0 Å². The molecule has 0 bridgehead atoms. The third-order valence-electron chi connectivity index (χ3n) is 4.56. The zero-order valence-corrected chi connectivity index (χ0v) is 17.2. The lowest BCUT2D eigenvalue weighted by atomic mass is 10.2. The molecular weight excluding hydrogens is 404 g/mol.